The first-order valence-electron chi connectivity index (χ1n) is 10.0. The highest BCUT2D eigenvalue weighted by atomic mass is 15.3. The highest BCUT2D eigenvalue weighted by Gasteiger charge is 2.29. The Morgan fingerprint density at radius 3 is 2.84 bits per heavy atom. The van der Waals surface area contributed by atoms with Crippen LogP contribution in [0.15, 0.2) is 30.3 Å². The van der Waals surface area contributed by atoms with Gasteiger partial charge < -0.3 is 5.32 Å². The van der Waals surface area contributed by atoms with Crippen LogP contribution in [-0.4, -0.2) is 33.3 Å². The van der Waals surface area contributed by atoms with Gasteiger partial charge >= 0.3 is 0 Å². The molecule has 1 fully saturated rings. The van der Waals surface area contributed by atoms with Crippen LogP contribution >= 0.6 is 0 Å². The summed E-state index contributed by atoms with van der Waals surface area (Å²) >= 11 is 0. The van der Waals surface area contributed by atoms with Gasteiger partial charge in [-0.2, -0.15) is 0 Å². The molecule has 0 amide bonds. The molecule has 0 radical (unpaired) electrons. The molecule has 1 aromatic carbocycles. The number of aryl methyl sites for hydroxylation is 1. The van der Waals surface area contributed by atoms with E-state index in [1.165, 1.54) is 37.6 Å². The molecular weight excluding hydrogens is 305 g/mol. The predicted octanol–water partition coefficient (Wildman–Crippen LogP) is 2.88. The summed E-state index contributed by atoms with van der Waals surface area (Å²) in [4.78, 5) is 0. The molecule has 1 aromatic rings. The summed E-state index contributed by atoms with van der Waals surface area (Å²) in [6.45, 7) is 4.00. The lowest BCUT2D eigenvalue weighted by molar-refractivity contribution is 0.437. The molecule has 3 rings (SSSR count). The van der Waals surface area contributed by atoms with Gasteiger partial charge in [0.05, 0.1) is 0 Å². The monoisotopic (exact) mass is 339 g/mol. The zero-order chi connectivity index (χ0) is 17.6. The van der Waals surface area contributed by atoms with E-state index < -0.39 is 0 Å². The molecule has 4 heteroatoms. The van der Waals surface area contributed by atoms with Crippen LogP contribution in [-0.2, 0) is 12.7 Å². The van der Waals surface area contributed by atoms with Crippen molar-refractivity contribution in [2.24, 2.45) is 11.8 Å². The first-order chi connectivity index (χ1) is 12.2. The number of allylic oxidation sites excluding steroid dienone is 1. The third-order valence-electron chi connectivity index (χ3n) is 6.34. The number of hydrogen-bond donors (Lipinski definition) is 3. The molecule has 1 saturated carbocycles. The lowest BCUT2D eigenvalue weighted by Crippen LogP contribution is -2.46. The van der Waals surface area contributed by atoms with Gasteiger partial charge in [0.2, 0.25) is 0 Å². The first-order valence-corrected chi connectivity index (χ1v) is 10.0. The van der Waals surface area contributed by atoms with Crippen molar-refractivity contribution in [1.29, 1.82) is 0 Å². The van der Waals surface area contributed by atoms with Gasteiger partial charge in [0, 0.05) is 6.54 Å². The standard InChI is InChI=1S/C21H34BN3/c1-16-6-4-8-19-13-21(23-2)22(14-20(16)19)11-5-7-17-9-10-18(12-17)15-25-24-3/h4-6,8,11,17-18,21,23-25H,7,9-10,12-15H2,1-3H3/b11-5+. The highest BCUT2D eigenvalue weighted by molar-refractivity contribution is 6.65. The predicted molar refractivity (Wildman–Crippen MR) is 109 cm³/mol. The number of hydrogen-bond acceptors (Lipinski definition) is 3. The fourth-order valence-electron chi connectivity index (χ4n) is 4.80. The van der Waals surface area contributed by atoms with Crippen LogP contribution in [0.1, 0.15) is 42.4 Å². The molecule has 2 aliphatic rings. The summed E-state index contributed by atoms with van der Waals surface area (Å²) in [6, 6.07) is 6.78. The summed E-state index contributed by atoms with van der Waals surface area (Å²) in [5.74, 6) is 4.81. The van der Waals surface area contributed by atoms with Gasteiger partial charge in [-0.05, 0) is 93.9 Å². The minimum absolute atomic E-state index is 0.571. The van der Waals surface area contributed by atoms with E-state index in [1.807, 2.05) is 7.05 Å². The van der Waals surface area contributed by atoms with Crippen LogP contribution in [0, 0.1) is 18.8 Å². The fourth-order valence-corrected chi connectivity index (χ4v) is 4.80. The van der Waals surface area contributed by atoms with E-state index in [0.717, 1.165) is 24.8 Å². The molecule has 1 heterocycles. The Morgan fingerprint density at radius 1 is 1.20 bits per heavy atom. The molecule has 3 N–H and O–H groups in total. The minimum Gasteiger partial charge on any atom is -0.323 e. The van der Waals surface area contributed by atoms with E-state index in [-0.39, 0.29) is 0 Å². The third-order valence-corrected chi connectivity index (χ3v) is 6.34. The molecule has 3 atom stereocenters. The van der Waals surface area contributed by atoms with Crippen molar-refractivity contribution in [2.75, 3.05) is 20.6 Å². The van der Waals surface area contributed by atoms with Crippen molar-refractivity contribution < 1.29 is 0 Å². The van der Waals surface area contributed by atoms with E-state index in [1.54, 1.807) is 11.1 Å². The molecule has 1 aliphatic heterocycles. The molecule has 0 saturated heterocycles. The summed E-state index contributed by atoms with van der Waals surface area (Å²) in [7, 11) is 4.07. The smallest absolute Gasteiger partial charge is 0.189 e. The number of rotatable bonds is 7. The molecule has 1 aliphatic carbocycles. The number of nitrogens with one attached hydrogen (secondary N) is 3. The second-order valence-electron chi connectivity index (χ2n) is 8.02. The van der Waals surface area contributed by atoms with Gasteiger partial charge in [0.15, 0.2) is 6.71 Å². The van der Waals surface area contributed by atoms with Crippen LogP contribution < -0.4 is 16.2 Å². The Labute approximate surface area is 154 Å². The Bertz CT molecular complexity index is 587. The van der Waals surface area contributed by atoms with Crippen molar-refractivity contribution in [2.45, 2.75) is 51.3 Å². The van der Waals surface area contributed by atoms with Crippen LogP contribution in [0.4, 0.5) is 0 Å². The maximum absolute atomic E-state index is 3.56. The Balaban J connectivity index is 1.55. The topological polar surface area (TPSA) is 36.1 Å². The number of likely N-dealkylation sites (N-methyl/N-ethyl adjacent to an activating group) is 1. The van der Waals surface area contributed by atoms with Gasteiger partial charge in [-0.3, -0.25) is 10.9 Å². The van der Waals surface area contributed by atoms with Crippen molar-refractivity contribution in [3.8, 4) is 0 Å². The fraction of sp³-hybridized carbons (Fsp3) is 0.619. The summed E-state index contributed by atoms with van der Waals surface area (Å²) in [5.41, 5.74) is 10.9. The Kier molecular flexibility index (Phi) is 6.74. The van der Waals surface area contributed by atoms with Crippen molar-refractivity contribution >= 4 is 6.71 Å². The average Bonchev–Trinajstić information content (AvgIpc) is 3.07. The summed E-state index contributed by atoms with van der Waals surface area (Å²) in [6.07, 6.45) is 10.2. The van der Waals surface area contributed by atoms with Crippen LogP contribution in [0.5, 0.6) is 0 Å². The molecule has 0 bridgehead atoms. The van der Waals surface area contributed by atoms with Gasteiger partial charge in [-0.15, -0.1) is 5.98 Å². The van der Waals surface area contributed by atoms with Gasteiger partial charge in [-0.1, -0.05) is 24.3 Å². The zero-order valence-electron chi connectivity index (χ0n) is 16.1. The highest BCUT2D eigenvalue weighted by Crippen LogP contribution is 2.33. The molecule has 3 nitrogen and oxygen atoms in total. The maximum atomic E-state index is 3.56. The van der Waals surface area contributed by atoms with Crippen LogP contribution in [0.2, 0.25) is 0 Å². The largest absolute Gasteiger partial charge is 0.323 e. The quantitative estimate of drug-likeness (QED) is 0.528. The lowest BCUT2D eigenvalue weighted by atomic mass is 9.37. The molecule has 25 heavy (non-hydrogen) atoms. The van der Waals surface area contributed by atoms with E-state index >= 15 is 0 Å². The molecule has 3 unspecified atom stereocenters. The van der Waals surface area contributed by atoms with E-state index in [0.29, 0.717) is 12.7 Å². The van der Waals surface area contributed by atoms with Crippen molar-refractivity contribution in [1.82, 2.24) is 16.2 Å². The molecular formula is C21H34BN3. The van der Waals surface area contributed by atoms with Gasteiger partial charge in [0.25, 0.3) is 0 Å². The molecule has 136 valence electrons. The second-order valence-corrected chi connectivity index (χ2v) is 8.02. The van der Waals surface area contributed by atoms with Crippen molar-refractivity contribution in [3.05, 3.63) is 46.9 Å². The molecule has 0 spiro atoms. The van der Waals surface area contributed by atoms with E-state index in [4.69, 9.17) is 0 Å². The van der Waals surface area contributed by atoms with Gasteiger partial charge in [-0.25, -0.2) is 0 Å². The van der Waals surface area contributed by atoms with E-state index in [2.05, 4.69) is 60.4 Å². The van der Waals surface area contributed by atoms with Crippen LogP contribution in [0.25, 0.3) is 0 Å². The zero-order valence-corrected chi connectivity index (χ0v) is 16.1. The van der Waals surface area contributed by atoms with E-state index in [9.17, 15) is 0 Å². The number of fused-ring (bicyclic) bond motifs is 1. The number of benzene rings is 1. The van der Waals surface area contributed by atoms with Crippen molar-refractivity contribution in [3.63, 3.8) is 0 Å². The van der Waals surface area contributed by atoms with Gasteiger partial charge in [0.1, 0.15) is 0 Å². The van der Waals surface area contributed by atoms with Crippen LogP contribution in [0.3, 0.4) is 0 Å². The summed E-state index contributed by atoms with van der Waals surface area (Å²) < 4.78 is 0. The first kappa shape index (κ1) is 18.7. The minimum atomic E-state index is 0.571. The third kappa shape index (κ3) is 4.75. The second kappa shape index (κ2) is 9.02. The summed E-state index contributed by atoms with van der Waals surface area (Å²) in [5, 5.41) is 3.56. The number of hydrazine groups is 1. The Morgan fingerprint density at radius 2 is 2.04 bits per heavy atom. The normalized spacial score (nSPS) is 26.4. The maximum Gasteiger partial charge on any atom is 0.189 e. The average molecular weight is 339 g/mol. The Hall–Kier alpha value is -1.10. The SMILES string of the molecule is CNNCC1CCC(C/C=C/B2Cc3c(C)cccc3CC2NC)C1. The lowest BCUT2D eigenvalue weighted by Gasteiger charge is -2.30. The molecule has 0 aromatic heterocycles.